The summed E-state index contributed by atoms with van der Waals surface area (Å²) in [4.78, 5) is 10.1. The van der Waals surface area contributed by atoms with Gasteiger partial charge in [0.05, 0.1) is 5.69 Å². The Hall–Kier alpha value is -1.03. The summed E-state index contributed by atoms with van der Waals surface area (Å²) < 4.78 is 0. The number of aryl methyl sites for hydroxylation is 1. The van der Waals surface area contributed by atoms with E-state index in [-0.39, 0.29) is 5.88 Å². The van der Waals surface area contributed by atoms with Gasteiger partial charge in [-0.3, -0.25) is 0 Å². The Morgan fingerprint density at radius 3 is 2.53 bits per heavy atom. The van der Waals surface area contributed by atoms with Gasteiger partial charge in [0.2, 0.25) is 5.88 Å². The number of aromatic hydroxyl groups is 1. The molecule has 0 aromatic carbocycles. The summed E-state index contributed by atoms with van der Waals surface area (Å²) in [7, 11) is 2.25. The number of rotatable bonds is 2. The van der Waals surface area contributed by atoms with E-state index < -0.39 is 0 Å². The van der Waals surface area contributed by atoms with E-state index in [4.69, 9.17) is 0 Å². The van der Waals surface area contributed by atoms with Gasteiger partial charge in [0.1, 0.15) is 5.82 Å². The van der Waals surface area contributed by atoms with E-state index in [0.717, 1.165) is 30.0 Å². The zero-order valence-corrected chi connectivity index (χ0v) is 10.6. The molecule has 1 aromatic rings. The van der Waals surface area contributed by atoms with Gasteiger partial charge in [-0.15, -0.1) is 0 Å². The first-order valence-electron chi connectivity index (χ1n) is 6.68. The highest BCUT2D eigenvalue weighted by Crippen LogP contribution is 2.41. The molecule has 0 saturated carbocycles. The third kappa shape index (κ3) is 1.75. The maximum absolute atomic E-state index is 9.71. The predicted octanol–water partition coefficient (Wildman–Crippen LogP) is 2.02. The second-order valence-electron chi connectivity index (χ2n) is 5.50. The van der Waals surface area contributed by atoms with Gasteiger partial charge < -0.3 is 15.0 Å². The molecule has 2 aliphatic heterocycles. The molecule has 0 spiro atoms. The van der Waals surface area contributed by atoms with Crippen molar-refractivity contribution in [1.82, 2.24) is 14.9 Å². The fraction of sp³-hybridized carbons (Fsp3) is 0.769. The Labute approximate surface area is 102 Å². The topological polar surface area (TPSA) is 52.2 Å². The van der Waals surface area contributed by atoms with Gasteiger partial charge in [0, 0.05) is 18.0 Å². The van der Waals surface area contributed by atoms with Crippen LogP contribution in [0.5, 0.6) is 5.88 Å². The van der Waals surface area contributed by atoms with Crippen LogP contribution in [0, 0.1) is 0 Å². The first-order chi connectivity index (χ1) is 8.19. The molecule has 0 aliphatic carbocycles. The van der Waals surface area contributed by atoms with Crippen LogP contribution in [0.1, 0.15) is 50.0 Å². The lowest BCUT2D eigenvalue weighted by molar-refractivity contribution is 0.159. The summed E-state index contributed by atoms with van der Waals surface area (Å²) in [6, 6.07) is 1.44. The van der Waals surface area contributed by atoms with Crippen LogP contribution in [0.3, 0.4) is 0 Å². The smallest absolute Gasteiger partial charge is 0.232 e. The molecular formula is C13H21N3O. The predicted molar refractivity (Wildman–Crippen MR) is 66.2 cm³/mol. The molecule has 0 radical (unpaired) electrons. The summed E-state index contributed by atoms with van der Waals surface area (Å²) in [6.45, 7) is 2.04. The molecular weight excluding hydrogens is 214 g/mol. The van der Waals surface area contributed by atoms with Crippen molar-refractivity contribution in [3.8, 4) is 5.88 Å². The summed E-state index contributed by atoms with van der Waals surface area (Å²) in [5.41, 5.74) is 0.881. The highest BCUT2D eigenvalue weighted by molar-refractivity contribution is 5.22. The number of aromatic amines is 1. The third-order valence-electron chi connectivity index (χ3n) is 4.61. The Balaban J connectivity index is 1.81. The van der Waals surface area contributed by atoms with E-state index in [2.05, 4.69) is 21.9 Å². The van der Waals surface area contributed by atoms with Gasteiger partial charge in [0.25, 0.3) is 0 Å². The van der Waals surface area contributed by atoms with E-state index in [1.165, 1.54) is 25.7 Å². The Morgan fingerprint density at radius 1 is 1.35 bits per heavy atom. The lowest BCUT2D eigenvalue weighted by Crippen LogP contribution is -2.39. The van der Waals surface area contributed by atoms with Crippen LogP contribution < -0.4 is 0 Å². The molecule has 2 saturated heterocycles. The van der Waals surface area contributed by atoms with Gasteiger partial charge in [-0.05, 0) is 39.2 Å². The van der Waals surface area contributed by atoms with Gasteiger partial charge in [0.15, 0.2) is 0 Å². The van der Waals surface area contributed by atoms with Gasteiger partial charge >= 0.3 is 0 Å². The van der Waals surface area contributed by atoms with E-state index in [1.54, 1.807) is 0 Å². The van der Waals surface area contributed by atoms with Crippen molar-refractivity contribution in [2.24, 2.45) is 0 Å². The SMILES string of the molecule is CCc1[nH]c(C2CC3CCC(C2)N3C)nc1O. The van der Waals surface area contributed by atoms with Crippen molar-refractivity contribution in [2.45, 2.75) is 57.0 Å². The summed E-state index contributed by atoms with van der Waals surface area (Å²) in [6.07, 6.45) is 5.83. The van der Waals surface area contributed by atoms with Gasteiger partial charge in [-0.25, -0.2) is 0 Å². The molecule has 3 heterocycles. The van der Waals surface area contributed by atoms with E-state index in [1.807, 2.05) is 6.92 Å². The van der Waals surface area contributed by atoms with Gasteiger partial charge in [-0.1, -0.05) is 6.92 Å². The van der Waals surface area contributed by atoms with Crippen molar-refractivity contribution in [1.29, 1.82) is 0 Å². The number of fused-ring (bicyclic) bond motifs is 2. The molecule has 4 heteroatoms. The molecule has 2 fully saturated rings. The molecule has 17 heavy (non-hydrogen) atoms. The van der Waals surface area contributed by atoms with Crippen molar-refractivity contribution in [2.75, 3.05) is 7.05 Å². The fourth-order valence-electron chi connectivity index (χ4n) is 3.49. The maximum atomic E-state index is 9.71. The quantitative estimate of drug-likeness (QED) is 0.824. The molecule has 4 nitrogen and oxygen atoms in total. The first kappa shape index (κ1) is 11.1. The average molecular weight is 235 g/mol. The number of imidazole rings is 1. The molecule has 3 rings (SSSR count). The number of nitrogens with zero attached hydrogens (tertiary/aromatic N) is 2. The number of piperidine rings is 1. The molecule has 2 aliphatic rings. The second-order valence-corrected chi connectivity index (χ2v) is 5.50. The van der Waals surface area contributed by atoms with Crippen LogP contribution in [0.25, 0.3) is 0 Å². The minimum atomic E-state index is 0.203. The van der Waals surface area contributed by atoms with Crippen LogP contribution in [0.15, 0.2) is 0 Å². The van der Waals surface area contributed by atoms with E-state index in [9.17, 15) is 5.11 Å². The maximum Gasteiger partial charge on any atom is 0.232 e. The molecule has 2 atom stereocenters. The molecule has 0 amide bonds. The average Bonchev–Trinajstić information content (AvgIpc) is 2.75. The third-order valence-corrected chi connectivity index (χ3v) is 4.61. The van der Waals surface area contributed by atoms with Crippen molar-refractivity contribution in [3.63, 3.8) is 0 Å². The van der Waals surface area contributed by atoms with Crippen LogP contribution >= 0.6 is 0 Å². The Kier molecular flexibility index (Phi) is 2.62. The fourth-order valence-corrected chi connectivity index (χ4v) is 3.49. The first-order valence-corrected chi connectivity index (χ1v) is 6.68. The Bertz CT molecular complexity index is 401. The van der Waals surface area contributed by atoms with Crippen molar-refractivity contribution in [3.05, 3.63) is 11.5 Å². The van der Waals surface area contributed by atoms with Crippen molar-refractivity contribution < 1.29 is 5.11 Å². The highest BCUT2D eigenvalue weighted by atomic mass is 16.3. The summed E-state index contributed by atoms with van der Waals surface area (Å²) >= 11 is 0. The van der Waals surface area contributed by atoms with Crippen LogP contribution in [-0.2, 0) is 6.42 Å². The zero-order chi connectivity index (χ0) is 12.0. The molecule has 2 bridgehead atoms. The molecule has 1 aromatic heterocycles. The van der Waals surface area contributed by atoms with Crippen molar-refractivity contribution >= 4 is 0 Å². The summed E-state index contributed by atoms with van der Waals surface area (Å²) in [5, 5.41) is 9.71. The molecule has 94 valence electrons. The number of hydrogen-bond acceptors (Lipinski definition) is 3. The highest BCUT2D eigenvalue weighted by Gasteiger charge is 2.39. The Morgan fingerprint density at radius 2 is 2.00 bits per heavy atom. The normalized spacial score (nSPS) is 33.2. The number of aromatic nitrogens is 2. The second kappa shape index (κ2) is 4.02. The minimum Gasteiger partial charge on any atom is -0.492 e. The minimum absolute atomic E-state index is 0.203. The van der Waals surface area contributed by atoms with Crippen LogP contribution in [0.2, 0.25) is 0 Å². The largest absolute Gasteiger partial charge is 0.492 e. The molecule has 2 N–H and O–H groups in total. The van der Waals surface area contributed by atoms with Crippen LogP contribution in [0.4, 0.5) is 0 Å². The lowest BCUT2D eigenvalue weighted by Gasteiger charge is -2.35. The van der Waals surface area contributed by atoms with E-state index in [0.29, 0.717) is 5.92 Å². The number of hydrogen-bond donors (Lipinski definition) is 2. The number of H-pyrrole nitrogens is 1. The van der Waals surface area contributed by atoms with E-state index >= 15 is 0 Å². The number of nitrogens with one attached hydrogen (secondary N) is 1. The van der Waals surface area contributed by atoms with Gasteiger partial charge in [-0.2, -0.15) is 4.98 Å². The lowest BCUT2D eigenvalue weighted by atomic mass is 9.90. The summed E-state index contributed by atoms with van der Waals surface area (Å²) in [5.74, 6) is 1.72. The monoisotopic (exact) mass is 235 g/mol. The zero-order valence-electron chi connectivity index (χ0n) is 10.6. The standard InChI is InChI=1S/C13H21N3O/c1-3-11-13(17)15-12(14-11)8-6-9-4-5-10(7-8)16(9)2/h8-10,17H,3-7H2,1-2H3,(H,14,15). The van der Waals surface area contributed by atoms with Crippen LogP contribution in [-0.4, -0.2) is 39.1 Å². The molecule has 2 unspecified atom stereocenters.